The molecule has 1 aliphatic heterocycles. The van der Waals surface area contributed by atoms with Crippen LogP contribution in [0.3, 0.4) is 0 Å². The molecule has 1 N–H and O–H groups in total. The predicted molar refractivity (Wildman–Crippen MR) is 104 cm³/mol. The van der Waals surface area contributed by atoms with Crippen molar-refractivity contribution in [3.63, 3.8) is 0 Å². The molecule has 1 fully saturated rings. The normalized spacial score (nSPS) is 18.1. The van der Waals surface area contributed by atoms with Gasteiger partial charge in [0.05, 0.1) is 10.6 Å². The quantitative estimate of drug-likeness (QED) is 0.871. The van der Waals surface area contributed by atoms with Crippen molar-refractivity contribution in [2.24, 2.45) is 5.92 Å². The Bertz CT molecular complexity index is 866. The lowest BCUT2D eigenvalue weighted by Crippen LogP contribution is -2.34. The Kier molecular flexibility index (Phi) is 5.58. The zero-order valence-electron chi connectivity index (χ0n) is 15.6. The summed E-state index contributed by atoms with van der Waals surface area (Å²) >= 11 is 0. The molecule has 0 unspecified atom stereocenters. The van der Waals surface area contributed by atoms with Crippen molar-refractivity contribution in [3.8, 4) is 11.3 Å². The lowest BCUT2D eigenvalue weighted by molar-refractivity contribution is 0.444. The van der Waals surface area contributed by atoms with E-state index in [1.54, 1.807) is 6.07 Å². The molecule has 0 aliphatic carbocycles. The minimum atomic E-state index is -3.51. The third kappa shape index (κ3) is 3.88. The number of sulfonamides is 1. The van der Waals surface area contributed by atoms with Gasteiger partial charge in [-0.3, -0.25) is 0 Å². The second kappa shape index (κ2) is 7.72. The van der Waals surface area contributed by atoms with Gasteiger partial charge in [-0.05, 0) is 56.0 Å². The fraction of sp³-hybridized carbons (Fsp3) is 0.474. The van der Waals surface area contributed by atoms with E-state index in [2.05, 4.69) is 26.7 Å². The van der Waals surface area contributed by atoms with Gasteiger partial charge in [-0.15, -0.1) is 10.2 Å². The van der Waals surface area contributed by atoms with E-state index >= 15 is 0 Å². The summed E-state index contributed by atoms with van der Waals surface area (Å²) in [6, 6.07) is 9.32. The maximum atomic E-state index is 12.3. The maximum Gasteiger partial charge on any atom is 0.240 e. The van der Waals surface area contributed by atoms with E-state index in [-0.39, 0.29) is 0 Å². The SMILES string of the molecule is CCc1ccc(-c2ccc(N3CCC[C@H](C)C3)nn2)cc1S(=O)(=O)NC. The Hall–Kier alpha value is -1.99. The van der Waals surface area contributed by atoms with Crippen LogP contribution in [0.1, 0.15) is 32.3 Å². The first-order valence-corrected chi connectivity index (χ1v) is 10.6. The molecule has 2 heterocycles. The Morgan fingerprint density at radius 2 is 2.04 bits per heavy atom. The number of rotatable bonds is 5. The molecule has 0 spiro atoms. The van der Waals surface area contributed by atoms with E-state index in [0.717, 1.165) is 30.0 Å². The summed E-state index contributed by atoms with van der Waals surface area (Å²) in [5, 5.41) is 8.73. The molecule has 6 nitrogen and oxygen atoms in total. The van der Waals surface area contributed by atoms with E-state index in [4.69, 9.17) is 0 Å². The third-order valence-corrected chi connectivity index (χ3v) is 6.43. The molecule has 140 valence electrons. The number of aryl methyl sites for hydroxylation is 1. The summed E-state index contributed by atoms with van der Waals surface area (Å²) in [6.45, 7) is 6.21. The van der Waals surface area contributed by atoms with Gasteiger partial charge in [0.25, 0.3) is 0 Å². The fourth-order valence-electron chi connectivity index (χ4n) is 3.41. The van der Waals surface area contributed by atoms with Crippen molar-refractivity contribution in [1.82, 2.24) is 14.9 Å². The van der Waals surface area contributed by atoms with Gasteiger partial charge >= 0.3 is 0 Å². The first-order valence-electron chi connectivity index (χ1n) is 9.10. The van der Waals surface area contributed by atoms with Gasteiger partial charge in [-0.1, -0.05) is 26.0 Å². The summed E-state index contributed by atoms with van der Waals surface area (Å²) in [4.78, 5) is 2.57. The van der Waals surface area contributed by atoms with Crippen LogP contribution in [0.5, 0.6) is 0 Å². The number of benzene rings is 1. The molecule has 7 heteroatoms. The summed E-state index contributed by atoms with van der Waals surface area (Å²) in [5.41, 5.74) is 2.21. The van der Waals surface area contributed by atoms with Gasteiger partial charge in [0.1, 0.15) is 0 Å². The highest BCUT2D eigenvalue weighted by atomic mass is 32.2. The number of piperidine rings is 1. The molecule has 1 aromatic carbocycles. The standard InChI is InChI=1S/C19H26N4O2S/c1-4-15-7-8-16(12-18(15)26(24,25)20-3)17-9-10-19(22-21-17)23-11-5-6-14(2)13-23/h7-10,12,14,20H,4-6,11,13H2,1-3H3/t14-/m0/s1. The molecule has 1 atom stereocenters. The van der Waals surface area contributed by atoms with Crippen LogP contribution >= 0.6 is 0 Å². The number of aromatic nitrogens is 2. The van der Waals surface area contributed by atoms with Crippen molar-refractivity contribution < 1.29 is 8.42 Å². The van der Waals surface area contributed by atoms with Crippen LogP contribution in [-0.4, -0.2) is 38.8 Å². The molecule has 1 aromatic heterocycles. The van der Waals surface area contributed by atoms with Crippen LogP contribution in [0.2, 0.25) is 0 Å². The van der Waals surface area contributed by atoms with Crippen molar-refractivity contribution in [2.75, 3.05) is 25.0 Å². The van der Waals surface area contributed by atoms with E-state index in [1.165, 1.54) is 19.9 Å². The summed E-state index contributed by atoms with van der Waals surface area (Å²) in [6.07, 6.45) is 3.08. The summed E-state index contributed by atoms with van der Waals surface area (Å²) in [7, 11) is -2.08. The first kappa shape index (κ1) is 18.8. The molecule has 0 bridgehead atoms. The van der Waals surface area contributed by atoms with Gasteiger partial charge in [-0.2, -0.15) is 0 Å². The number of nitrogens with zero attached hydrogens (tertiary/aromatic N) is 3. The number of hydrogen-bond acceptors (Lipinski definition) is 5. The van der Waals surface area contributed by atoms with Crippen molar-refractivity contribution >= 4 is 15.8 Å². The number of anilines is 1. The molecule has 0 radical (unpaired) electrons. The molecule has 3 rings (SSSR count). The fourth-order valence-corrected chi connectivity index (χ4v) is 4.47. The Labute approximate surface area is 155 Å². The number of hydrogen-bond donors (Lipinski definition) is 1. The summed E-state index contributed by atoms with van der Waals surface area (Å²) < 4.78 is 27.0. The van der Waals surface area contributed by atoms with Gasteiger partial charge in [-0.25, -0.2) is 13.1 Å². The van der Waals surface area contributed by atoms with Crippen LogP contribution in [0.4, 0.5) is 5.82 Å². The molecular formula is C19H26N4O2S. The van der Waals surface area contributed by atoms with Crippen LogP contribution < -0.4 is 9.62 Å². The van der Waals surface area contributed by atoms with Gasteiger partial charge in [0.2, 0.25) is 10.0 Å². The monoisotopic (exact) mass is 374 g/mol. The first-order chi connectivity index (χ1) is 12.4. The predicted octanol–water partition coefficient (Wildman–Crippen LogP) is 2.85. The van der Waals surface area contributed by atoms with E-state index in [1.807, 2.05) is 31.2 Å². The highest BCUT2D eigenvalue weighted by molar-refractivity contribution is 7.89. The van der Waals surface area contributed by atoms with Crippen molar-refractivity contribution in [2.45, 2.75) is 38.0 Å². The lowest BCUT2D eigenvalue weighted by atomic mass is 10.0. The largest absolute Gasteiger partial charge is 0.355 e. The zero-order valence-corrected chi connectivity index (χ0v) is 16.4. The number of nitrogens with one attached hydrogen (secondary N) is 1. The molecule has 1 aliphatic rings. The minimum absolute atomic E-state index is 0.302. The lowest BCUT2D eigenvalue weighted by Gasteiger charge is -2.31. The van der Waals surface area contributed by atoms with Crippen LogP contribution in [0.15, 0.2) is 35.2 Å². The average Bonchev–Trinajstić information content (AvgIpc) is 2.67. The second-order valence-corrected chi connectivity index (χ2v) is 8.71. The van der Waals surface area contributed by atoms with E-state index < -0.39 is 10.0 Å². The highest BCUT2D eigenvalue weighted by Crippen LogP contribution is 2.26. The van der Waals surface area contributed by atoms with Gasteiger partial charge in [0.15, 0.2) is 5.82 Å². The van der Waals surface area contributed by atoms with Crippen molar-refractivity contribution in [1.29, 1.82) is 0 Å². The zero-order chi connectivity index (χ0) is 18.7. The smallest absolute Gasteiger partial charge is 0.240 e. The summed E-state index contributed by atoms with van der Waals surface area (Å²) in [5.74, 6) is 1.55. The van der Waals surface area contributed by atoms with E-state index in [0.29, 0.717) is 22.9 Å². The van der Waals surface area contributed by atoms with Crippen molar-refractivity contribution in [3.05, 3.63) is 35.9 Å². The Morgan fingerprint density at radius 1 is 1.23 bits per heavy atom. The van der Waals surface area contributed by atoms with Crippen LogP contribution in [0, 0.1) is 5.92 Å². The third-order valence-electron chi connectivity index (χ3n) is 4.93. The molecule has 1 saturated heterocycles. The average molecular weight is 375 g/mol. The maximum absolute atomic E-state index is 12.3. The van der Waals surface area contributed by atoms with Gasteiger partial charge < -0.3 is 4.90 Å². The Morgan fingerprint density at radius 3 is 2.65 bits per heavy atom. The molecule has 0 amide bonds. The van der Waals surface area contributed by atoms with Crippen LogP contribution in [0.25, 0.3) is 11.3 Å². The topological polar surface area (TPSA) is 75.2 Å². The van der Waals surface area contributed by atoms with Crippen LogP contribution in [-0.2, 0) is 16.4 Å². The minimum Gasteiger partial charge on any atom is -0.355 e. The molecular weight excluding hydrogens is 348 g/mol. The second-order valence-electron chi connectivity index (χ2n) is 6.85. The van der Waals surface area contributed by atoms with Gasteiger partial charge in [0, 0.05) is 18.7 Å². The molecule has 26 heavy (non-hydrogen) atoms. The van der Waals surface area contributed by atoms with E-state index in [9.17, 15) is 8.42 Å². The molecule has 0 saturated carbocycles. The Balaban J connectivity index is 1.91. The molecule has 2 aromatic rings. The highest BCUT2D eigenvalue weighted by Gasteiger charge is 2.19.